The van der Waals surface area contributed by atoms with E-state index in [0.29, 0.717) is 6.04 Å². The molecule has 19 heavy (non-hydrogen) atoms. The van der Waals surface area contributed by atoms with Crippen LogP contribution in [-0.2, 0) is 4.79 Å². The average molecular weight is 325 g/mol. The highest BCUT2D eigenvalue weighted by Crippen LogP contribution is 2.21. The minimum atomic E-state index is -0.207. The Morgan fingerprint density at radius 3 is 2.68 bits per heavy atom. The smallest absolute Gasteiger partial charge is 0.242 e. The molecule has 1 aromatic carbocycles. The lowest BCUT2D eigenvalue weighted by Crippen LogP contribution is -2.42. The third-order valence-corrected chi connectivity index (χ3v) is 4.53. The van der Waals surface area contributed by atoms with E-state index in [4.69, 9.17) is 0 Å². The molecule has 1 amide bonds. The Morgan fingerprint density at radius 2 is 2.05 bits per heavy atom. The molecular formula is C15H21BrN2O. The molecule has 0 aromatic heterocycles. The van der Waals surface area contributed by atoms with Crippen LogP contribution < -0.4 is 10.6 Å². The van der Waals surface area contributed by atoms with Crippen molar-refractivity contribution in [1.82, 2.24) is 5.32 Å². The predicted molar refractivity (Wildman–Crippen MR) is 82.4 cm³/mol. The summed E-state index contributed by atoms with van der Waals surface area (Å²) in [6, 6.07) is 6.20. The molecule has 1 saturated carbocycles. The summed E-state index contributed by atoms with van der Waals surface area (Å²) in [7, 11) is 0. The van der Waals surface area contributed by atoms with Gasteiger partial charge in [0, 0.05) is 16.2 Å². The lowest BCUT2D eigenvalue weighted by molar-refractivity contribution is -0.122. The number of hydrogen-bond donors (Lipinski definition) is 2. The van der Waals surface area contributed by atoms with Crippen LogP contribution in [0.1, 0.15) is 38.2 Å². The largest absolute Gasteiger partial charge is 0.374 e. The fraction of sp³-hybridized carbons (Fsp3) is 0.533. The van der Waals surface area contributed by atoms with Crippen LogP contribution in [-0.4, -0.2) is 18.0 Å². The van der Waals surface area contributed by atoms with Gasteiger partial charge in [-0.2, -0.15) is 0 Å². The number of benzene rings is 1. The molecule has 0 saturated heterocycles. The van der Waals surface area contributed by atoms with E-state index in [-0.39, 0.29) is 11.9 Å². The SMILES string of the molecule is Cc1cc(N[C@H](C)C(=O)NC2CCCC2)ccc1Br. The zero-order valence-electron chi connectivity index (χ0n) is 11.5. The van der Waals surface area contributed by atoms with Crippen molar-refractivity contribution in [2.45, 2.75) is 51.6 Å². The van der Waals surface area contributed by atoms with E-state index >= 15 is 0 Å². The van der Waals surface area contributed by atoms with E-state index in [1.807, 2.05) is 32.0 Å². The standard InChI is InChI=1S/C15H21BrN2O/c1-10-9-13(7-8-14(10)16)17-11(2)15(19)18-12-5-3-4-6-12/h7-9,11-12,17H,3-6H2,1-2H3,(H,18,19)/t11-/m1/s1. The number of amides is 1. The average Bonchev–Trinajstić information content (AvgIpc) is 2.86. The summed E-state index contributed by atoms with van der Waals surface area (Å²) in [6.45, 7) is 3.94. The van der Waals surface area contributed by atoms with Crippen LogP contribution in [0.5, 0.6) is 0 Å². The van der Waals surface area contributed by atoms with Crippen molar-refractivity contribution in [3.05, 3.63) is 28.2 Å². The van der Waals surface area contributed by atoms with E-state index in [0.717, 1.165) is 28.6 Å². The lowest BCUT2D eigenvalue weighted by Gasteiger charge is -2.19. The van der Waals surface area contributed by atoms with Gasteiger partial charge in [0.05, 0.1) is 0 Å². The molecule has 1 atom stereocenters. The maximum Gasteiger partial charge on any atom is 0.242 e. The number of halogens is 1. The van der Waals surface area contributed by atoms with Crippen LogP contribution in [0.3, 0.4) is 0 Å². The lowest BCUT2D eigenvalue weighted by atomic mass is 10.2. The third kappa shape index (κ3) is 3.96. The van der Waals surface area contributed by atoms with Crippen molar-refractivity contribution in [2.24, 2.45) is 0 Å². The highest BCUT2D eigenvalue weighted by Gasteiger charge is 2.20. The van der Waals surface area contributed by atoms with E-state index in [2.05, 4.69) is 26.6 Å². The summed E-state index contributed by atoms with van der Waals surface area (Å²) in [4.78, 5) is 12.1. The van der Waals surface area contributed by atoms with Crippen molar-refractivity contribution in [1.29, 1.82) is 0 Å². The number of aryl methyl sites for hydroxylation is 1. The second-order valence-corrected chi connectivity index (χ2v) is 6.17. The maximum atomic E-state index is 12.1. The van der Waals surface area contributed by atoms with Gasteiger partial charge in [-0.3, -0.25) is 4.79 Å². The molecule has 2 rings (SSSR count). The number of carbonyl (C=O) groups excluding carboxylic acids is 1. The normalized spacial score (nSPS) is 17.2. The second-order valence-electron chi connectivity index (χ2n) is 5.32. The summed E-state index contributed by atoms with van der Waals surface area (Å²) in [6.07, 6.45) is 4.71. The van der Waals surface area contributed by atoms with Crippen LogP contribution in [0.25, 0.3) is 0 Å². The number of hydrogen-bond acceptors (Lipinski definition) is 2. The zero-order chi connectivity index (χ0) is 13.8. The molecular weight excluding hydrogens is 304 g/mol. The molecule has 0 bridgehead atoms. The van der Waals surface area contributed by atoms with E-state index < -0.39 is 0 Å². The van der Waals surface area contributed by atoms with Gasteiger partial charge in [-0.05, 0) is 50.5 Å². The molecule has 2 N–H and O–H groups in total. The van der Waals surface area contributed by atoms with Gasteiger partial charge in [0.2, 0.25) is 5.91 Å². The number of carbonyl (C=O) groups is 1. The first-order valence-electron chi connectivity index (χ1n) is 6.89. The highest BCUT2D eigenvalue weighted by molar-refractivity contribution is 9.10. The van der Waals surface area contributed by atoms with Crippen LogP contribution >= 0.6 is 15.9 Å². The van der Waals surface area contributed by atoms with Crippen molar-refractivity contribution in [3.63, 3.8) is 0 Å². The molecule has 1 fully saturated rings. The van der Waals surface area contributed by atoms with Gasteiger partial charge in [-0.15, -0.1) is 0 Å². The molecule has 1 aliphatic rings. The van der Waals surface area contributed by atoms with Gasteiger partial charge < -0.3 is 10.6 Å². The van der Waals surface area contributed by atoms with E-state index in [9.17, 15) is 4.79 Å². The molecule has 1 aromatic rings. The van der Waals surface area contributed by atoms with Gasteiger partial charge in [-0.1, -0.05) is 28.8 Å². The Bertz CT molecular complexity index is 455. The molecule has 0 radical (unpaired) electrons. The number of nitrogens with one attached hydrogen (secondary N) is 2. The van der Waals surface area contributed by atoms with Crippen molar-refractivity contribution in [3.8, 4) is 0 Å². The van der Waals surface area contributed by atoms with Crippen LogP contribution in [0.2, 0.25) is 0 Å². The maximum absolute atomic E-state index is 12.1. The van der Waals surface area contributed by atoms with E-state index in [1.165, 1.54) is 12.8 Å². The monoisotopic (exact) mass is 324 g/mol. The fourth-order valence-corrected chi connectivity index (χ4v) is 2.69. The summed E-state index contributed by atoms with van der Waals surface area (Å²) in [5, 5.41) is 6.36. The molecule has 4 heteroatoms. The summed E-state index contributed by atoms with van der Waals surface area (Å²) >= 11 is 3.48. The quantitative estimate of drug-likeness (QED) is 0.888. The Balaban J connectivity index is 1.90. The topological polar surface area (TPSA) is 41.1 Å². The van der Waals surface area contributed by atoms with Gasteiger partial charge in [0.15, 0.2) is 0 Å². The van der Waals surface area contributed by atoms with Gasteiger partial charge in [0.25, 0.3) is 0 Å². The summed E-state index contributed by atoms with van der Waals surface area (Å²) in [5.41, 5.74) is 2.14. The van der Waals surface area contributed by atoms with Gasteiger partial charge in [0.1, 0.15) is 6.04 Å². The van der Waals surface area contributed by atoms with Crippen molar-refractivity contribution >= 4 is 27.5 Å². The zero-order valence-corrected chi connectivity index (χ0v) is 13.1. The van der Waals surface area contributed by atoms with Crippen LogP contribution in [0.4, 0.5) is 5.69 Å². The van der Waals surface area contributed by atoms with Crippen LogP contribution in [0.15, 0.2) is 22.7 Å². The Labute approximate surface area is 123 Å². The Kier molecular flexibility index (Phi) is 4.86. The molecule has 104 valence electrons. The highest BCUT2D eigenvalue weighted by atomic mass is 79.9. The second kappa shape index (κ2) is 6.42. The molecule has 0 aliphatic heterocycles. The first-order valence-corrected chi connectivity index (χ1v) is 7.68. The van der Waals surface area contributed by atoms with Crippen molar-refractivity contribution in [2.75, 3.05) is 5.32 Å². The molecule has 0 unspecified atom stereocenters. The molecule has 0 heterocycles. The predicted octanol–water partition coefficient (Wildman–Crippen LogP) is 3.62. The molecule has 0 spiro atoms. The van der Waals surface area contributed by atoms with Gasteiger partial charge in [-0.25, -0.2) is 0 Å². The van der Waals surface area contributed by atoms with Crippen LogP contribution in [0, 0.1) is 6.92 Å². The van der Waals surface area contributed by atoms with E-state index in [1.54, 1.807) is 0 Å². The Morgan fingerprint density at radius 1 is 1.37 bits per heavy atom. The number of rotatable bonds is 4. The number of anilines is 1. The first-order chi connectivity index (χ1) is 9.06. The Hall–Kier alpha value is -1.03. The van der Waals surface area contributed by atoms with Crippen molar-refractivity contribution < 1.29 is 4.79 Å². The summed E-state index contributed by atoms with van der Waals surface area (Å²) < 4.78 is 1.08. The minimum absolute atomic E-state index is 0.0903. The molecule has 1 aliphatic carbocycles. The first kappa shape index (κ1) is 14.4. The minimum Gasteiger partial charge on any atom is -0.374 e. The third-order valence-electron chi connectivity index (χ3n) is 3.64. The fourth-order valence-electron chi connectivity index (χ4n) is 2.45. The molecule has 3 nitrogen and oxygen atoms in total. The van der Waals surface area contributed by atoms with Gasteiger partial charge >= 0.3 is 0 Å². The summed E-state index contributed by atoms with van der Waals surface area (Å²) in [5.74, 6) is 0.0903.